The highest BCUT2D eigenvalue weighted by molar-refractivity contribution is 5.40. The van der Waals surface area contributed by atoms with Gasteiger partial charge in [0, 0.05) is 26.6 Å². The van der Waals surface area contributed by atoms with Gasteiger partial charge in [0.05, 0.1) is 12.7 Å². The van der Waals surface area contributed by atoms with Crippen molar-refractivity contribution in [1.82, 2.24) is 5.32 Å². The predicted molar refractivity (Wildman–Crippen MR) is 70.1 cm³/mol. The number of benzene rings is 1. The number of methoxy groups -OCH3 is 1. The van der Waals surface area contributed by atoms with Gasteiger partial charge in [-0.3, -0.25) is 0 Å². The van der Waals surface area contributed by atoms with E-state index >= 15 is 0 Å². The van der Waals surface area contributed by atoms with Gasteiger partial charge >= 0.3 is 0 Å². The molecule has 2 rings (SSSR count). The minimum atomic E-state index is -0.457. The number of aliphatic hydroxyl groups is 1. The van der Waals surface area contributed by atoms with E-state index in [0.717, 1.165) is 18.7 Å². The van der Waals surface area contributed by atoms with Crippen LogP contribution in [0.5, 0.6) is 5.75 Å². The van der Waals surface area contributed by atoms with Crippen LogP contribution in [0.15, 0.2) is 18.2 Å². The normalized spacial score (nSPS) is 19.4. The molecule has 0 spiro atoms. The monoisotopic (exact) mass is 251 g/mol. The van der Waals surface area contributed by atoms with Crippen molar-refractivity contribution in [3.05, 3.63) is 29.3 Å². The molecule has 0 radical (unpaired) electrons. The van der Waals surface area contributed by atoms with E-state index in [9.17, 15) is 5.11 Å². The third kappa shape index (κ3) is 3.45. The molecule has 0 aliphatic carbocycles. The highest BCUT2D eigenvalue weighted by Crippen LogP contribution is 2.29. The van der Waals surface area contributed by atoms with Crippen LogP contribution in [0, 0.1) is 6.92 Å². The molecule has 1 heterocycles. The predicted octanol–water partition coefficient (Wildman–Crippen LogP) is 0.895. The van der Waals surface area contributed by atoms with Gasteiger partial charge < -0.3 is 19.9 Å². The van der Waals surface area contributed by atoms with Crippen LogP contribution in [0.4, 0.5) is 0 Å². The third-order valence-electron chi connectivity index (χ3n) is 3.07. The van der Waals surface area contributed by atoms with Crippen molar-refractivity contribution in [2.24, 2.45) is 0 Å². The number of rotatable bonds is 6. The van der Waals surface area contributed by atoms with Crippen LogP contribution >= 0.6 is 0 Å². The van der Waals surface area contributed by atoms with Crippen molar-refractivity contribution >= 4 is 0 Å². The van der Waals surface area contributed by atoms with Gasteiger partial charge in [-0.25, -0.2) is 0 Å². The van der Waals surface area contributed by atoms with Gasteiger partial charge in [-0.15, -0.1) is 0 Å². The van der Waals surface area contributed by atoms with Crippen LogP contribution in [-0.2, 0) is 11.2 Å². The van der Waals surface area contributed by atoms with Crippen molar-refractivity contribution in [2.75, 3.05) is 26.8 Å². The van der Waals surface area contributed by atoms with E-state index in [1.165, 1.54) is 11.1 Å². The molecule has 2 N–H and O–H groups in total. The Bertz CT molecular complexity index is 395. The maximum absolute atomic E-state index is 9.50. The van der Waals surface area contributed by atoms with Crippen molar-refractivity contribution in [3.63, 3.8) is 0 Å². The second-order valence-electron chi connectivity index (χ2n) is 4.82. The standard InChI is InChI=1S/C14H21NO3/c1-10-3-4-14-11(5-10)6-13(18-14)8-15-7-12(16)9-17-2/h3-5,12-13,15-16H,6-9H2,1-2H3. The second-order valence-corrected chi connectivity index (χ2v) is 4.82. The summed E-state index contributed by atoms with van der Waals surface area (Å²) < 4.78 is 10.7. The average Bonchev–Trinajstić information content (AvgIpc) is 2.71. The quantitative estimate of drug-likeness (QED) is 0.788. The maximum Gasteiger partial charge on any atom is 0.123 e. The zero-order chi connectivity index (χ0) is 13.0. The second kappa shape index (κ2) is 6.18. The molecular weight excluding hydrogens is 230 g/mol. The lowest BCUT2D eigenvalue weighted by atomic mass is 10.1. The molecule has 1 aliphatic heterocycles. The molecule has 0 saturated carbocycles. The fourth-order valence-electron chi connectivity index (χ4n) is 2.23. The number of hydrogen-bond donors (Lipinski definition) is 2. The van der Waals surface area contributed by atoms with Crippen molar-refractivity contribution in [2.45, 2.75) is 25.6 Å². The molecule has 100 valence electrons. The summed E-state index contributed by atoms with van der Waals surface area (Å²) in [7, 11) is 1.59. The summed E-state index contributed by atoms with van der Waals surface area (Å²) in [5, 5.41) is 12.7. The molecule has 4 nitrogen and oxygen atoms in total. The fraction of sp³-hybridized carbons (Fsp3) is 0.571. The Balaban J connectivity index is 1.74. The summed E-state index contributed by atoms with van der Waals surface area (Å²) in [6.07, 6.45) is 0.641. The van der Waals surface area contributed by atoms with Gasteiger partial charge in [0.2, 0.25) is 0 Å². The van der Waals surface area contributed by atoms with E-state index in [1.807, 2.05) is 6.07 Å². The molecule has 4 heteroatoms. The summed E-state index contributed by atoms with van der Waals surface area (Å²) in [6.45, 7) is 3.72. The minimum absolute atomic E-state index is 0.163. The average molecular weight is 251 g/mol. The van der Waals surface area contributed by atoms with E-state index in [2.05, 4.69) is 24.4 Å². The number of nitrogens with one attached hydrogen (secondary N) is 1. The molecular formula is C14H21NO3. The topological polar surface area (TPSA) is 50.7 Å². The minimum Gasteiger partial charge on any atom is -0.488 e. The van der Waals surface area contributed by atoms with Crippen LogP contribution in [0.25, 0.3) is 0 Å². The lowest BCUT2D eigenvalue weighted by Crippen LogP contribution is -2.36. The highest BCUT2D eigenvalue weighted by atomic mass is 16.5. The van der Waals surface area contributed by atoms with Crippen LogP contribution in [-0.4, -0.2) is 44.1 Å². The molecule has 0 saturated heterocycles. The molecule has 2 atom stereocenters. The lowest BCUT2D eigenvalue weighted by molar-refractivity contribution is 0.0629. The van der Waals surface area contributed by atoms with Crippen LogP contribution in [0.3, 0.4) is 0 Å². The fourth-order valence-corrected chi connectivity index (χ4v) is 2.23. The first kappa shape index (κ1) is 13.3. The van der Waals surface area contributed by atoms with Crippen LogP contribution in [0.1, 0.15) is 11.1 Å². The summed E-state index contributed by atoms with van der Waals surface area (Å²) >= 11 is 0. The van der Waals surface area contributed by atoms with Crippen molar-refractivity contribution in [3.8, 4) is 5.75 Å². The SMILES string of the molecule is COCC(O)CNCC1Cc2cc(C)ccc2O1. The first-order valence-corrected chi connectivity index (χ1v) is 6.33. The first-order chi connectivity index (χ1) is 8.69. The molecule has 1 aliphatic rings. The maximum atomic E-state index is 9.50. The summed E-state index contributed by atoms with van der Waals surface area (Å²) in [5.41, 5.74) is 2.54. The Morgan fingerprint density at radius 1 is 1.56 bits per heavy atom. The summed E-state index contributed by atoms with van der Waals surface area (Å²) in [6, 6.07) is 6.27. The number of ether oxygens (including phenoxy) is 2. The largest absolute Gasteiger partial charge is 0.488 e. The molecule has 0 amide bonds. The Kier molecular flexibility index (Phi) is 4.58. The first-order valence-electron chi connectivity index (χ1n) is 6.33. The van der Waals surface area contributed by atoms with E-state index in [0.29, 0.717) is 13.2 Å². The summed E-state index contributed by atoms with van der Waals surface area (Å²) in [4.78, 5) is 0. The van der Waals surface area contributed by atoms with Gasteiger partial charge in [0.1, 0.15) is 11.9 Å². The summed E-state index contributed by atoms with van der Waals surface area (Å²) in [5.74, 6) is 0.991. The van der Waals surface area contributed by atoms with Gasteiger partial charge in [0.25, 0.3) is 0 Å². The Morgan fingerprint density at radius 3 is 3.17 bits per heavy atom. The molecule has 0 fully saturated rings. The van der Waals surface area contributed by atoms with Crippen LogP contribution in [0.2, 0.25) is 0 Å². The highest BCUT2D eigenvalue weighted by Gasteiger charge is 2.22. The third-order valence-corrected chi connectivity index (χ3v) is 3.07. The molecule has 2 unspecified atom stereocenters. The molecule has 0 aromatic heterocycles. The van der Waals surface area contributed by atoms with Crippen LogP contribution < -0.4 is 10.1 Å². The molecule has 1 aromatic carbocycles. The Labute approximate surface area is 108 Å². The van der Waals surface area contributed by atoms with Crippen molar-refractivity contribution < 1.29 is 14.6 Å². The van der Waals surface area contributed by atoms with E-state index < -0.39 is 6.10 Å². The van der Waals surface area contributed by atoms with Crippen molar-refractivity contribution in [1.29, 1.82) is 0 Å². The zero-order valence-corrected chi connectivity index (χ0v) is 11.0. The number of aryl methyl sites for hydroxylation is 1. The number of hydrogen-bond acceptors (Lipinski definition) is 4. The molecule has 1 aromatic rings. The number of aliphatic hydroxyl groups excluding tert-OH is 1. The molecule has 18 heavy (non-hydrogen) atoms. The van der Waals surface area contributed by atoms with E-state index in [4.69, 9.17) is 9.47 Å². The van der Waals surface area contributed by atoms with E-state index in [-0.39, 0.29) is 6.10 Å². The smallest absolute Gasteiger partial charge is 0.123 e. The lowest BCUT2D eigenvalue weighted by Gasteiger charge is -2.14. The number of fused-ring (bicyclic) bond motifs is 1. The van der Waals surface area contributed by atoms with Gasteiger partial charge in [-0.2, -0.15) is 0 Å². The molecule has 0 bridgehead atoms. The van der Waals surface area contributed by atoms with Gasteiger partial charge in [-0.1, -0.05) is 17.7 Å². The Hall–Kier alpha value is -1.10. The van der Waals surface area contributed by atoms with Gasteiger partial charge in [0.15, 0.2) is 0 Å². The zero-order valence-electron chi connectivity index (χ0n) is 11.0. The van der Waals surface area contributed by atoms with Gasteiger partial charge in [-0.05, 0) is 18.6 Å². The Morgan fingerprint density at radius 2 is 2.39 bits per heavy atom. The van der Waals surface area contributed by atoms with E-state index in [1.54, 1.807) is 7.11 Å².